The van der Waals surface area contributed by atoms with Crippen molar-refractivity contribution >= 4 is 23.4 Å². The number of nitrogens with zero attached hydrogens (tertiary/aromatic N) is 3. The smallest absolute Gasteiger partial charge is 0.292 e. The van der Waals surface area contributed by atoms with Crippen LogP contribution in [0.5, 0.6) is 5.75 Å². The number of halogens is 1. The van der Waals surface area contributed by atoms with Crippen molar-refractivity contribution in [3.63, 3.8) is 0 Å². The Morgan fingerprint density at radius 2 is 1.83 bits per heavy atom. The van der Waals surface area contributed by atoms with Gasteiger partial charge in [-0.25, -0.2) is 4.68 Å². The van der Waals surface area contributed by atoms with Gasteiger partial charge in [-0.05, 0) is 43.2 Å². The van der Waals surface area contributed by atoms with Crippen molar-refractivity contribution in [3.8, 4) is 11.4 Å². The summed E-state index contributed by atoms with van der Waals surface area (Å²) in [5.74, 6) is -0.540. The Balaban J connectivity index is 1.52. The van der Waals surface area contributed by atoms with Gasteiger partial charge in [0.05, 0.1) is 24.1 Å². The van der Waals surface area contributed by atoms with Crippen molar-refractivity contribution in [2.24, 2.45) is 0 Å². The largest absolute Gasteiger partial charge is 0.496 e. The molecule has 3 aromatic rings. The molecule has 9 heteroatoms. The summed E-state index contributed by atoms with van der Waals surface area (Å²) in [5.41, 5.74) is 6.81. The Hall–Kier alpha value is -3.39. The highest BCUT2D eigenvalue weighted by atomic mass is 35.5. The highest BCUT2D eigenvalue weighted by Crippen LogP contribution is 2.41. The van der Waals surface area contributed by atoms with Crippen LogP contribution < -0.4 is 15.6 Å². The minimum absolute atomic E-state index is 0.194. The number of hydrogen-bond donors (Lipinski definition) is 2. The van der Waals surface area contributed by atoms with E-state index in [2.05, 4.69) is 21.2 Å². The van der Waals surface area contributed by atoms with Crippen molar-refractivity contribution in [3.05, 3.63) is 70.5 Å². The third-order valence-electron chi connectivity index (χ3n) is 4.58. The molecule has 0 aliphatic heterocycles. The van der Waals surface area contributed by atoms with E-state index in [-0.39, 0.29) is 17.2 Å². The summed E-state index contributed by atoms with van der Waals surface area (Å²) < 4.78 is 6.84. The molecule has 0 atom stereocenters. The first-order chi connectivity index (χ1) is 14.1. The minimum Gasteiger partial charge on any atom is -0.496 e. The molecule has 0 radical (unpaired) electrons. The molecule has 1 aliphatic rings. The molecule has 2 N–H and O–H groups in total. The lowest BCUT2D eigenvalue weighted by atomic mass is 10.2. The van der Waals surface area contributed by atoms with E-state index in [0.717, 1.165) is 24.2 Å². The van der Waals surface area contributed by atoms with E-state index >= 15 is 0 Å². The van der Waals surface area contributed by atoms with E-state index in [1.807, 2.05) is 30.3 Å². The second-order valence-corrected chi connectivity index (χ2v) is 7.03. The summed E-state index contributed by atoms with van der Waals surface area (Å²) in [5, 5.41) is 8.65. The molecule has 2 aromatic carbocycles. The molecule has 1 aromatic heterocycles. The normalized spacial score (nSPS) is 13.0. The van der Waals surface area contributed by atoms with Gasteiger partial charge in [0.15, 0.2) is 5.69 Å². The summed E-state index contributed by atoms with van der Waals surface area (Å²) in [4.78, 5) is 25.1. The van der Waals surface area contributed by atoms with E-state index in [0.29, 0.717) is 10.8 Å². The number of nitrogens with one attached hydrogen (secondary N) is 2. The van der Waals surface area contributed by atoms with Crippen LogP contribution in [0.25, 0.3) is 5.69 Å². The van der Waals surface area contributed by atoms with Crippen LogP contribution in [0, 0.1) is 0 Å². The van der Waals surface area contributed by atoms with Gasteiger partial charge in [0, 0.05) is 10.9 Å². The molecule has 4 rings (SSSR count). The van der Waals surface area contributed by atoms with E-state index < -0.39 is 11.8 Å². The summed E-state index contributed by atoms with van der Waals surface area (Å²) in [6, 6.07) is 14.1. The van der Waals surface area contributed by atoms with Gasteiger partial charge in [-0.2, -0.15) is 0 Å². The van der Waals surface area contributed by atoms with Crippen LogP contribution in [0.1, 0.15) is 45.3 Å². The number of carbonyl (C=O) groups is 2. The molecule has 1 heterocycles. The van der Waals surface area contributed by atoms with Crippen LogP contribution in [0.15, 0.2) is 48.5 Å². The monoisotopic (exact) mass is 411 g/mol. The van der Waals surface area contributed by atoms with Gasteiger partial charge < -0.3 is 4.74 Å². The fraction of sp³-hybridized carbons (Fsp3) is 0.200. The van der Waals surface area contributed by atoms with Gasteiger partial charge in [0.2, 0.25) is 0 Å². The zero-order valence-corrected chi connectivity index (χ0v) is 16.3. The average molecular weight is 412 g/mol. The molecular weight excluding hydrogens is 394 g/mol. The number of benzene rings is 2. The molecule has 148 valence electrons. The Morgan fingerprint density at radius 1 is 1.10 bits per heavy atom. The van der Waals surface area contributed by atoms with Gasteiger partial charge in [-0.1, -0.05) is 35.0 Å². The Morgan fingerprint density at radius 3 is 2.52 bits per heavy atom. The predicted octanol–water partition coefficient (Wildman–Crippen LogP) is 2.88. The zero-order chi connectivity index (χ0) is 20.4. The molecule has 1 fully saturated rings. The fourth-order valence-corrected chi connectivity index (χ4v) is 3.19. The first kappa shape index (κ1) is 18.9. The van der Waals surface area contributed by atoms with Crippen molar-refractivity contribution in [1.82, 2.24) is 25.8 Å². The number of methoxy groups -OCH3 is 1. The number of hydrogen-bond acceptors (Lipinski definition) is 5. The number of rotatable bonds is 5. The highest BCUT2D eigenvalue weighted by Gasteiger charge is 2.34. The number of carbonyl (C=O) groups excluding carboxylic acids is 2. The van der Waals surface area contributed by atoms with E-state index in [1.165, 1.54) is 19.2 Å². The Kier molecular flexibility index (Phi) is 5.18. The van der Waals surface area contributed by atoms with Gasteiger partial charge >= 0.3 is 0 Å². The molecule has 0 spiro atoms. The fourth-order valence-electron chi connectivity index (χ4n) is 3.03. The van der Waals surface area contributed by atoms with Crippen LogP contribution >= 0.6 is 11.6 Å². The molecule has 0 saturated heterocycles. The summed E-state index contributed by atoms with van der Waals surface area (Å²) in [6.45, 7) is 0. The third kappa shape index (κ3) is 3.93. The number of hydrazine groups is 1. The zero-order valence-electron chi connectivity index (χ0n) is 15.6. The van der Waals surface area contributed by atoms with E-state index in [4.69, 9.17) is 16.3 Å². The number of ether oxygens (including phenoxy) is 1. The molecule has 2 amide bonds. The van der Waals surface area contributed by atoms with Crippen LogP contribution in [-0.2, 0) is 0 Å². The topological polar surface area (TPSA) is 98.1 Å². The van der Waals surface area contributed by atoms with Gasteiger partial charge in [0.25, 0.3) is 11.8 Å². The van der Waals surface area contributed by atoms with Crippen LogP contribution in [0.2, 0.25) is 5.02 Å². The van der Waals surface area contributed by atoms with Crippen LogP contribution in [-0.4, -0.2) is 33.9 Å². The van der Waals surface area contributed by atoms with E-state index in [1.54, 1.807) is 10.7 Å². The third-order valence-corrected chi connectivity index (χ3v) is 4.82. The van der Waals surface area contributed by atoms with Gasteiger partial charge in [-0.15, -0.1) is 5.10 Å². The lowest BCUT2D eigenvalue weighted by molar-refractivity contribution is 0.0841. The SMILES string of the molecule is COc1cc(Cl)ccc1C(=O)NNC(=O)c1nnn(-c2ccccc2)c1C1CC1. The number of amides is 2. The quantitative estimate of drug-likeness (QED) is 0.629. The summed E-state index contributed by atoms with van der Waals surface area (Å²) in [7, 11) is 1.44. The molecule has 0 bridgehead atoms. The Labute approximate surface area is 171 Å². The average Bonchev–Trinajstić information content (AvgIpc) is 3.49. The molecule has 1 saturated carbocycles. The van der Waals surface area contributed by atoms with Crippen molar-refractivity contribution in [1.29, 1.82) is 0 Å². The Bertz CT molecular complexity index is 1060. The van der Waals surface area contributed by atoms with Gasteiger partial charge in [-0.3, -0.25) is 20.4 Å². The number of aromatic nitrogens is 3. The molecule has 1 aliphatic carbocycles. The molecular formula is C20H18ClN5O3. The standard InChI is InChI=1S/C20H18ClN5O3/c1-29-16-11-13(21)9-10-15(16)19(27)23-24-20(28)17-18(12-7-8-12)26(25-22-17)14-5-3-2-4-6-14/h2-6,9-12H,7-8H2,1H3,(H,23,27)(H,24,28). The van der Waals surface area contributed by atoms with Crippen molar-refractivity contribution < 1.29 is 14.3 Å². The van der Waals surface area contributed by atoms with Gasteiger partial charge in [0.1, 0.15) is 5.75 Å². The second kappa shape index (κ2) is 7.92. The maximum absolute atomic E-state index is 12.7. The summed E-state index contributed by atoms with van der Waals surface area (Å²) >= 11 is 5.91. The first-order valence-corrected chi connectivity index (χ1v) is 9.41. The lowest BCUT2D eigenvalue weighted by Gasteiger charge is -2.11. The summed E-state index contributed by atoms with van der Waals surface area (Å²) in [6.07, 6.45) is 1.93. The molecule has 8 nitrogen and oxygen atoms in total. The van der Waals surface area contributed by atoms with Crippen molar-refractivity contribution in [2.75, 3.05) is 7.11 Å². The number of para-hydroxylation sites is 1. The van der Waals surface area contributed by atoms with Crippen molar-refractivity contribution in [2.45, 2.75) is 18.8 Å². The van der Waals surface area contributed by atoms with Crippen LogP contribution in [0.3, 0.4) is 0 Å². The lowest BCUT2D eigenvalue weighted by Crippen LogP contribution is -2.42. The predicted molar refractivity (Wildman–Crippen MR) is 106 cm³/mol. The maximum Gasteiger partial charge on any atom is 0.292 e. The second-order valence-electron chi connectivity index (χ2n) is 6.60. The first-order valence-electron chi connectivity index (χ1n) is 9.03. The van der Waals surface area contributed by atoms with E-state index in [9.17, 15) is 9.59 Å². The highest BCUT2D eigenvalue weighted by molar-refractivity contribution is 6.30. The van der Waals surface area contributed by atoms with Crippen LogP contribution in [0.4, 0.5) is 0 Å². The molecule has 29 heavy (non-hydrogen) atoms. The minimum atomic E-state index is -0.532. The maximum atomic E-state index is 12.7. The molecule has 0 unspecified atom stereocenters.